The summed E-state index contributed by atoms with van der Waals surface area (Å²) in [5, 5.41) is 0. The van der Waals surface area contributed by atoms with Gasteiger partial charge in [0.15, 0.2) is 0 Å². The van der Waals surface area contributed by atoms with E-state index < -0.39 is 21.3 Å². The second-order valence-electron chi connectivity index (χ2n) is 5.88. The van der Waals surface area contributed by atoms with Crippen molar-refractivity contribution >= 4 is 3.21 Å². The van der Waals surface area contributed by atoms with E-state index in [1.165, 1.54) is 12.8 Å². The van der Waals surface area contributed by atoms with Gasteiger partial charge in [0.25, 0.3) is 0 Å². The summed E-state index contributed by atoms with van der Waals surface area (Å²) in [5.74, 6) is 0. The van der Waals surface area contributed by atoms with Crippen LogP contribution in [0, 0.1) is 5.41 Å². The van der Waals surface area contributed by atoms with E-state index in [0.29, 0.717) is 5.41 Å². The molecule has 2 rings (SSSR count). The van der Waals surface area contributed by atoms with Crippen LogP contribution in [-0.2, 0) is 21.3 Å². The molecule has 0 aromatic rings. The average molecular weight is 376 g/mol. The van der Waals surface area contributed by atoms with E-state index in [0.717, 1.165) is 0 Å². The Labute approximate surface area is 137 Å². The van der Waals surface area contributed by atoms with Crippen molar-refractivity contribution in [1.82, 2.24) is 0 Å². The van der Waals surface area contributed by atoms with Gasteiger partial charge in [0, 0.05) is 0 Å². The second-order valence-corrected chi connectivity index (χ2v) is 13.2. The van der Waals surface area contributed by atoms with Crippen LogP contribution in [0.3, 0.4) is 0 Å². The fourth-order valence-electron chi connectivity index (χ4n) is 2.44. The van der Waals surface area contributed by atoms with Gasteiger partial charge in [-0.05, 0) is 0 Å². The van der Waals surface area contributed by atoms with Gasteiger partial charge in [-0.1, -0.05) is 0 Å². The van der Waals surface area contributed by atoms with Gasteiger partial charge >= 0.3 is 113 Å². The van der Waals surface area contributed by atoms with Crippen molar-refractivity contribution in [2.45, 2.75) is 40.5 Å². The van der Waals surface area contributed by atoms with Crippen molar-refractivity contribution in [2.24, 2.45) is 5.41 Å². The Morgan fingerprint density at radius 3 is 2.32 bits per heavy atom. The molecule has 0 saturated carbocycles. The summed E-state index contributed by atoms with van der Waals surface area (Å²) in [7, 11) is 0. The summed E-state index contributed by atoms with van der Waals surface area (Å²) in [6.07, 6.45) is 16.7. The van der Waals surface area contributed by atoms with E-state index in [9.17, 15) is 0 Å². The summed E-state index contributed by atoms with van der Waals surface area (Å²) >= 11 is -1.65. The molecule has 0 unspecified atom stereocenters. The molecular weight excluding hydrogens is 354 g/mol. The molecule has 0 aliphatic heterocycles. The summed E-state index contributed by atoms with van der Waals surface area (Å²) in [4.78, 5) is 0. The molecule has 104 valence electrons. The number of halogens is 2. The third-order valence-corrected chi connectivity index (χ3v) is 10.7. The van der Waals surface area contributed by atoms with Crippen LogP contribution in [0.2, 0.25) is 0 Å². The molecule has 3 heteroatoms. The fourth-order valence-corrected chi connectivity index (χ4v) is 9.15. The molecule has 0 spiro atoms. The topological polar surface area (TPSA) is 0 Å². The van der Waals surface area contributed by atoms with Gasteiger partial charge in [-0.15, -0.1) is 0 Å². The first-order chi connectivity index (χ1) is 7.99. The Kier molecular flexibility index (Phi) is 8.04. The summed E-state index contributed by atoms with van der Waals surface area (Å²) in [6.45, 7) is 9.31. The summed E-state index contributed by atoms with van der Waals surface area (Å²) < 4.78 is 5.11. The van der Waals surface area contributed by atoms with Crippen molar-refractivity contribution in [1.29, 1.82) is 0 Å². The molecule has 0 amide bonds. The smallest absolute Gasteiger partial charge is 1.00 e. The Balaban J connectivity index is 0.00000162. The van der Waals surface area contributed by atoms with Gasteiger partial charge < -0.3 is 24.8 Å². The predicted octanol–water partition coefficient (Wildman–Crippen LogP) is -1.46. The molecular formula is C16H22Cl2Zr. The maximum atomic E-state index is 2.51. The Bertz CT molecular complexity index is 473. The molecule has 0 heterocycles. The molecule has 19 heavy (non-hydrogen) atoms. The molecule has 0 radical (unpaired) electrons. The van der Waals surface area contributed by atoms with E-state index >= 15 is 0 Å². The molecule has 0 aromatic carbocycles. The van der Waals surface area contributed by atoms with Gasteiger partial charge in [-0.2, -0.15) is 0 Å². The van der Waals surface area contributed by atoms with Gasteiger partial charge in [0.05, 0.1) is 0 Å². The predicted molar refractivity (Wildman–Crippen MR) is 73.8 cm³/mol. The van der Waals surface area contributed by atoms with Crippen molar-refractivity contribution in [2.75, 3.05) is 0 Å². The molecule has 0 aromatic heterocycles. The largest absolute Gasteiger partial charge is 1.00 e. The first-order valence-electron chi connectivity index (χ1n) is 6.43. The van der Waals surface area contributed by atoms with Crippen molar-refractivity contribution in [3.63, 3.8) is 0 Å². The molecule has 0 N–H and O–H groups in total. The zero-order valence-electron chi connectivity index (χ0n) is 12.1. The third kappa shape index (κ3) is 4.96. The first-order valence-corrected chi connectivity index (χ1v) is 10.1. The maximum Gasteiger partial charge on any atom is -1.00 e. The maximum absolute atomic E-state index is 2.51. The van der Waals surface area contributed by atoms with E-state index in [4.69, 9.17) is 0 Å². The van der Waals surface area contributed by atoms with Crippen LogP contribution in [0.4, 0.5) is 0 Å². The van der Waals surface area contributed by atoms with Gasteiger partial charge in [-0.25, -0.2) is 0 Å². The van der Waals surface area contributed by atoms with Gasteiger partial charge in [0.1, 0.15) is 0 Å². The fraction of sp³-hybridized carbons (Fsp3) is 0.438. The van der Waals surface area contributed by atoms with Gasteiger partial charge in [0.2, 0.25) is 0 Å². The van der Waals surface area contributed by atoms with E-state index in [1.54, 1.807) is 9.77 Å². The minimum atomic E-state index is -1.65. The normalized spacial score (nSPS) is 18.5. The average Bonchev–Trinajstić information content (AvgIpc) is 2.74. The summed E-state index contributed by atoms with van der Waals surface area (Å²) in [6, 6.07) is 0. The van der Waals surface area contributed by atoms with Crippen LogP contribution >= 0.6 is 0 Å². The van der Waals surface area contributed by atoms with Gasteiger partial charge in [-0.3, -0.25) is 0 Å². The van der Waals surface area contributed by atoms with E-state index in [1.807, 2.05) is 0 Å². The Hall–Kier alpha value is 0.293. The van der Waals surface area contributed by atoms with Crippen LogP contribution in [0.5, 0.6) is 0 Å². The number of allylic oxidation sites excluding steroid dienone is 8. The number of hydrogen-bond acceptors (Lipinski definition) is 0. The molecule has 0 fully saturated rings. The van der Waals surface area contributed by atoms with Crippen molar-refractivity contribution in [3.05, 3.63) is 43.0 Å². The minimum Gasteiger partial charge on any atom is -1.00 e. The second kappa shape index (κ2) is 7.91. The standard InChI is InChI=1S/C8H11.C5H5.C3H6.2ClH.Zr/c1-8(2)6-4-3-5-7-8;1-2-4-5-3-1;1-3-2;;;/h4-6H,7H2,1-2H3;1-3H,4H2;1-2H3;2*1H;/q;;;;;+2/p-2. The van der Waals surface area contributed by atoms with Crippen LogP contribution in [0.1, 0.15) is 40.5 Å². The minimum absolute atomic E-state index is 0. The SMILES string of the molecule is C[C](C)=[Zr+2]([C]1=CCC(C)(C)C=C1)[C]1=CC=CC1.[Cl-].[Cl-]. The molecule has 0 saturated heterocycles. The molecule has 0 atom stereocenters. The zero-order valence-corrected chi connectivity index (χ0v) is 16.1. The van der Waals surface area contributed by atoms with E-state index in [2.05, 4.69) is 64.2 Å². The molecule has 0 nitrogen and oxygen atoms in total. The number of hydrogen-bond donors (Lipinski definition) is 0. The van der Waals surface area contributed by atoms with Crippen LogP contribution in [0.15, 0.2) is 43.0 Å². The summed E-state index contributed by atoms with van der Waals surface area (Å²) in [5.41, 5.74) is 0.363. The zero-order chi connectivity index (χ0) is 12.5. The third-order valence-electron chi connectivity index (χ3n) is 3.44. The van der Waals surface area contributed by atoms with Crippen molar-refractivity contribution in [3.8, 4) is 0 Å². The Morgan fingerprint density at radius 2 is 1.89 bits per heavy atom. The van der Waals surface area contributed by atoms with Crippen molar-refractivity contribution < 1.29 is 46.1 Å². The molecule has 2 aliphatic rings. The first kappa shape index (κ1) is 19.3. The Morgan fingerprint density at radius 1 is 1.21 bits per heavy atom. The molecule has 0 bridgehead atoms. The quantitative estimate of drug-likeness (QED) is 0.553. The van der Waals surface area contributed by atoms with E-state index in [-0.39, 0.29) is 24.8 Å². The molecule has 2 aliphatic carbocycles. The van der Waals surface area contributed by atoms with Crippen LogP contribution in [0.25, 0.3) is 0 Å². The monoisotopic (exact) mass is 374 g/mol. The van der Waals surface area contributed by atoms with Crippen LogP contribution in [-0.4, -0.2) is 3.21 Å². The van der Waals surface area contributed by atoms with Crippen LogP contribution < -0.4 is 24.8 Å². The number of rotatable bonds is 2.